The molecular weight excluding hydrogens is 190 g/mol. The van der Waals surface area contributed by atoms with Crippen molar-refractivity contribution < 1.29 is 9.47 Å². The van der Waals surface area contributed by atoms with Crippen LogP contribution in [0.25, 0.3) is 0 Å². The molecule has 0 N–H and O–H groups in total. The molecule has 0 aliphatic carbocycles. The molecule has 15 heavy (non-hydrogen) atoms. The maximum absolute atomic E-state index is 5.58. The molecular formula is C12H17NO2. The van der Waals surface area contributed by atoms with Crippen LogP contribution in [0.3, 0.4) is 0 Å². The second-order valence-electron chi connectivity index (χ2n) is 4.93. The molecule has 1 saturated heterocycles. The molecule has 1 atom stereocenters. The molecule has 0 spiro atoms. The average Bonchev–Trinajstić information content (AvgIpc) is 2.97. The zero-order chi connectivity index (χ0) is 10.9. The van der Waals surface area contributed by atoms with Gasteiger partial charge in [-0.3, -0.25) is 4.98 Å². The lowest BCUT2D eigenvalue weighted by Gasteiger charge is -2.18. The van der Waals surface area contributed by atoms with Crippen LogP contribution in [0, 0.1) is 0 Å². The van der Waals surface area contributed by atoms with Crippen molar-refractivity contribution in [3.8, 4) is 5.75 Å². The number of rotatable bonds is 3. The molecule has 82 valence electrons. The van der Waals surface area contributed by atoms with E-state index in [2.05, 4.69) is 31.8 Å². The largest absolute Gasteiger partial charge is 0.489 e. The van der Waals surface area contributed by atoms with Crippen molar-refractivity contribution in [3.63, 3.8) is 0 Å². The summed E-state index contributed by atoms with van der Waals surface area (Å²) < 4.78 is 10.7. The Labute approximate surface area is 90.4 Å². The molecule has 0 bridgehead atoms. The van der Waals surface area contributed by atoms with Crippen LogP contribution in [0.1, 0.15) is 26.3 Å². The standard InChI is InChI=1S/C12H17NO2/c1-12(2,3)9-4-10(6-13-5-9)14-7-11-8-15-11/h4-6,11H,7-8H2,1-3H3. The van der Waals surface area contributed by atoms with Gasteiger partial charge in [-0.05, 0) is 17.0 Å². The third-order valence-corrected chi connectivity index (χ3v) is 2.42. The Kier molecular flexibility index (Phi) is 2.65. The second-order valence-corrected chi connectivity index (χ2v) is 4.93. The molecule has 1 aliphatic rings. The fourth-order valence-corrected chi connectivity index (χ4v) is 1.26. The van der Waals surface area contributed by atoms with Crippen molar-refractivity contribution in [2.45, 2.75) is 32.3 Å². The van der Waals surface area contributed by atoms with Crippen molar-refractivity contribution in [1.82, 2.24) is 4.98 Å². The highest BCUT2D eigenvalue weighted by molar-refractivity contribution is 5.28. The number of aromatic nitrogens is 1. The van der Waals surface area contributed by atoms with E-state index in [1.807, 2.05) is 6.20 Å². The van der Waals surface area contributed by atoms with E-state index in [1.54, 1.807) is 6.20 Å². The summed E-state index contributed by atoms with van der Waals surface area (Å²) in [7, 11) is 0. The van der Waals surface area contributed by atoms with Crippen LogP contribution in [0.2, 0.25) is 0 Å². The summed E-state index contributed by atoms with van der Waals surface area (Å²) in [5.41, 5.74) is 1.30. The lowest BCUT2D eigenvalue weighted by atomic mass is 9.88. The maximum atomic E-state index is 5.58. The van der Waals surface area contributed by atoms with E-state index < -0.39 is 0 Å². The van der Waals surface area contributed by atoms with Crippen molar-refractivity contribution in [3.05, 3.63) is 24.0 Å². The molecule has 0 radical (unpaired) electrons. The van der Waals surface area contributed by atoms with Gasteiger partial charge in [0.15, 0.2) is 0 Å². The first-order valence-corrected chi connectivity index (χ1v) is 5.25. The Bertz CT molecular complexity index is 340. The Morgan fingerprint density at radius 3 is 2.80 bits per heavy atom. The van der Waals surface area contributed by atoms with Gasteiger partial charge in [-0.2, -0.15) is 0 Å². The van der Waals surface area contributed by atoms with Gasteiger partial charge in [0.1, 0.15) is 18.5 Å². The van der Waals surface area contributed by atoms with E-state index in [4.69, 9.17) is 9.47 Å². The quantitative estimate of drug-likeness (QED) is 0.712. The second kappa shape index (κ2) is 3.81. The topological polar surface area (TPSA) is 34.6 Å². The predicted molar refractivity (Wildman–Crippen MR) is 58.2 cm³/mol. The Morgan fingerprint density at radius 2 is 2.20 bits per heavy atom. The minimum absolute atomic E-state index is 0.114. The normalized spacial score (nSPS) is 20.1. The molecule has 1 unspecified atom stereocenters. The number of pyridine rings is 1. The van der Waals surface area contributed by atoms with E-state index in [-0.39, 0.29) is 5.41 Å². The number of hydrogen-bond acceptors (Lipinski definition) is 3. The summed E-state index contributed by atoms with van der Waals surface area (Å²) >= 11 is 0. The van der Waals surface area contributed by atoms with Gasteiger partial charge in [-0.1, -0.05) is 20.8 Å². The van der Waals surface area contributed by atoms with Crippen molar-refractivity contribution in [2.75, 3.05) is 13.2 Å². The average molecular weight is 207 g/mol. The fourth-order valence-electron chi connectivity index (χ4n) is 1.26. The third kappa shape index (κ3) is 2.93. The Balaban J connectivity index is 2.04. The minimum atomic E-state index is 0.114. The number of ether oxygens (including phenoxy) is 2. The van der Waals surface area contributed by atoms with Crippen LogP contribution >= 0.6 is 0 Å². The van der Waals surface area contributed by atoms with E-state index in [9.17, 15) is 0 Å². The third-order valence-electron chi connectivity index (χ3n) is 2.42. The summed E-state index contributed by atoms with van der Waals surface area (Å²) in [6.07, 6.45) is 3.93. The van der Waals surface area contributed by atoms with Crippen molar-refractivity contribution in [1.29, 1.82) is 0 Å². The first kappa shape index (κ1) is 10.4. The van der Waals surface area contributed by atoms with Gasteiger partial charge < -0.3 is 9.47 Å². The molecule has 3 nitrogen and oxygen atoms in total. The van der Waals surface area contributed by atoms with Gasteiger partial charge in [-0.25, -0.2) is 0 Å². The zero-order valence-corrected chi connectivity index (χ0v) is 9.49. The Hall–Kier alpha value is -1.09. The SMILES string of the molecule is CC(C)(C)c1cncc(OCC2CO2)c1. The molecule has 1 aromatic rings. The first-order valence-electron chi connectivity index (χ1n) is 5.25. The van der Waals surface area contributed by atoms with Gasteiger partial charge >= 0.3 is 0 Å². The molecule has 1 aromatic heterocycles. The van der Waals surface area contributed by atoms with Crippen LogP contribution in [-0.2, 0) is 10.2 Å². The van der Waals surface area contributed by atoms with Crippen LogP contribution in [0.5, 0.6) is 5.75 Å². The van der Waals surface area contributed by atoms with Gasteiger partial charge in [-0.15, -0.1) is 0 Å². The van der Waals surface area contributed by atoms with E-state index >= 15 is 0 Å². The first-order chi connectivity index (χ1) is 7.05. The molecule has 3 heteroatoms. The van der Waals surface area contributed by atoms with Gasteiger partial charge in [0.05, 0.1) is 12.8 Å². The Morgan fingerprint density at radius 1 is 1.47 bits per heavy atom. The monoisotopic (exact) mass is 207 g/mol. The number of epoxide rings is 1. The van der Waals surface area contributed by atoms with Crippen molar-refractivity contribution >= 4 is 0 Å². The minimum Gasteiger partial charge on any atom is -0.489 e. The summed E-state index contributed by atoms with van der Waals surface area (Å²) in [6, 6.07) is 2.05. The highest BCUT2D eigenvalue weighted by atomic mass is 16.6. The van der Waals surface area contributed by atoms with Crippen molar-refractivity contribution in [2.24, 2.45) is 0 Å². The smallest absolute Gasteiger partial charge is 0.138 e. The molecule has 2 rings (SSSR count). The van der Waals surface area contributed by atoms with Gasteiger partial charge in [0, 0.05) is 6.20 Å². The van der Waals surface area contributed by atoms with Crippen LogP contribution in [0.4, 0.5) is 0 Å². The van der Waals surface area contributed by atoms with Crippen LogP contribution < -0.4 is 4.74 Å². The van der Waals surface area contributed by atoms with E-state index in [1.165, 1.54) is 5.56 Å². The summed E-state index contributed by atoms with van der Waals surface area (Å²) in [6.45, 7) is 7.95. The lowest BCUT2D eigenvalue weighted by molar-refractivity contribution is 0.262. The highest BCUT2D eigenvalue weighted by Gasteiger charge is 2.23. The highest BCUT2D eigenvalue weighted by Crippen LogP contribution is 2.24. The zero-order valence-electron chi connectivity index (χ0n) is 9.49. The predicted octanol–water partition coefficient (Wildman–Crippen LogP) is 2.16. The fraction of sp³-hybridized carbons (Fsp3) is 0.583. The van der Waals surface area contributed by atoms with E-state index in [0.717, 1.165) is 12.4 Å². The van der Waals surface area contributed by atoms with E-state index in [0.29, 0.717) is 12.7 Å². The lowest BCUT2D eigenvalue weighted by Crippen LogP contribution is -2.12. The maximum Gasteiger partial charge on any atom is 0.138 e. The molecule has 0 aromatic carbocycles. The number of hydrogen-bond donors (Lipinski definition) is 0. The number of nitrogens with zero attached hydrogens (tertiary/aromatic N) is 1. The molecule has 0 saturated carbocycles. The summed E-state index contributed by atoms with van der Waals surface area (Å²) in [5, 5.41) is 0. The molecule has 0 amide bonds. The summed E-state index contributed by atoms with van der Waals surface area (Å²) in [4.78, 5) is 4.18. The molecule has 2 heterocycles. The van der Waals surface area contributed by atoms with Crippen LogP contribution in [-0.4, -0.2) is 24.3 Å². The summed E-state index contributed by atoms with van der Waals surface area (Å²) in [5.74, 6) is 0.831. The van der Waals surface area contributed by atoms with Gasteiger partial charge in [0.2, 0.25) is 0 Å². The van der Waals surface area contributed by atoms with Gasteiger partial charge in [0.25, 0.3) is 0 Å². The van der Waals surface area contributed by atoms with Crippen LogP contribution in [0.15, 0.2) is 18.5 Å². The molecule has 1 fully saturated rings. The molecule has 1 aliphatic heterocycles.